The van der Waals surface area contributed by atoms with Crippen LogP contribution in [-0.4, -0.2) is 21.1 Å². The van der Waals surface area contributed by atoms with Gasteiger partial charge in [0.15, 0.2) is 11.6 Å². The van der Waals surface area contributed by atoms with Crippen LogP contribution in [0.25, 0.3) is 33.9 Å². The normalized spacial score (nSPS) is 11.0. The number of aromatic nitrogens is 2. The summed E-state index contributed by atoms with van der Waals surface area (Å²) in [6.07, 6.45) is 0. The first kappa shape index (κ1) is 16.0. The van der Waals surface area contributed by atoms with Crippen LogP contribution in [0.5, 0.6) is 0 Å². The Labute approximate surface area is 145 Å². The summed E-state index contributed by atoms with van der Waals surface area (Å²) >= 11 is 0. The van der Waals surface area contributed by atoms with Gasteiger partial charge in [-0.05, 0) is 48.5 Å². The number of hydrogen-bond donors (Lipinski definition) is 3. The SMILES string of the molecule is O=C(NO)c1ccc2nc(-c3ccc(-c4cc(F)ccc4F)o3)[nH]c2c1. The van der Waals surface area contributed by atoms with E-state index in [0.717, 1.165) is 18.2 Å². The van der Waals surface area contributed by atoms with Gasteiger partial charge in [0.1, 0.15) is 17.4 Å². The number of aromatic amines is 1. The lowest BCUT2D eigenvalue weighted by Gasteiger charge is -1.99. The standard InChI is InChI=1S/C18H11F2N3O3/c19-10-2-3-12(20)11(8-10)15-5-6-16(26-15)17-21-13-4-1-9(18(24)23-25)7-14(13)22-17/h1-8,25H,(H,21,22)(H,23,24). The molecule has 1 amide bonds. The number of H-pyrrole nitrogens is 1. The third-order valence-electron chi connectivity index (χ3n) is 3.88. The Hall–Kier alpha value is -3.52. The summed E-state index contributed by atoms with van der Waals surface area (Å²) in [5, 5.41) is 8.70. The summed E-state index contributed by atoms with van der Waals surface area (Å²) in [7, 11) is 0. The Kier molecular flexibility index (Phi) is 3.74. The number of benzene rings is 2. The van der Waals surface area contributed by atoms with Gasteiger partial charge in [-0.2, -0.15) is 0 Å². The van der Waals surface area contributed by atoms with Crippen molar-refractivity contribution in [1.82, 2.24) is 15.4 Å². The number of halogens is 2. The van der Waals surface area contributed by atoms with Gasteiger partial charge in [0.05, 0.1) is 16.6 Å². The lowest BCUT2D eigenvalue weighted by atomic mass is 10.1. The summed E-state index contributed by atoms with van der Waals surface area (Å²) in [5.74, 6) is -0.963. The van der Waals surface area contributed by atoms with Gasteiger partial charge in [-0.3, -0.25) is 10.0 Å². The molecule has 0 bridgehead atoms. The van der Waals surface area contributed by atoms with E-state index in [1.807, 2.05) is 0 Å². The Morgan fingerprint density at radius 2 is 1.88 bits per heavy atom. The summed E-state index contributed by atoms with van der Waals surface area (Å²) in [6, 6.07) is 10.8. The van der Waals surface area contributed by atoms with Crippen LogP contribution in [0.3, 0.4) is 0 Å². The Balaban J connectivity index is 1.73. The van der Waals surface area contributed by atoms with Crippen molar-refractivity contribution in [2.24, 2.45) is 0 Å². The average molecular weight is 355 g/mol. The second-order valence-corrected chi connectivity index (χ2v) is 5.55. The van der Waals surface area contributed by atoms with Crippen molar-refractivity contribution in [3.8, 4) is 22.9 Å². The van der Waals surface area contributed by atoms with Crippen molar-refractivity contribution in [3.05, 3.63) is 65.7 Å². The molecule has 0 unspecified atom stereocenters. The number of carbonyl (C=O) groups excluding carboxylic acids is 1. The van der Waals surface area contributed by atoms with Gasteiger partial charge in [-0.15, -0.1) is 0 Å². The number of nitrogens with one attached hydrogen (secondary N) is 2. The lowest BCUT2D eigenvalue weighted by molar-refractivity contribution is 0.0706. The molecule has 2 aromatic heterocycles. The van der Waals surface area contributed by atoms with Crippen LogP contribution in [0.15, 0.2) is 52.9 Å². The van der Waals surface area contributed by atoms with Crippen LogP contribution in [0.4, 0.5) is 8.78 Å². The summed E-state index contributed by atoms with van der Waals surface area (Å²) in [5.41, 5.74) is 2.94. The van der Waals surface area contributed by atoms with Crippen molar-refractivity contribution in [1.29, 1.82) is 0 Å². The second-order valence-electron chi connectivity index (χ2n) is 5.55. The average Bonchev–Trinajstić information content (AvgIpc) is 3.28. The number of hydroxylamine groups is 1. The lowest BCUT2D eigenvalue weighted by Crippen LogP contribution is -2.18. The van der Waals surface area contributed by atoms with Gasteiger partial charge in [-0.1, -0.05) is 0 Å². The highest BCUT2D eigenvalue weighted by molar-refractivity contribution is 5.97. The minimum Gasteiger partial charge on any atom is -0.453 e. The Bertz CT molecular complexity index is 1130. The smallest absolute Gasteiger partial charge is 0.274 e. The van der Waals surface area contributed by atoms with Crippen molar-refractivity contribution in [2.45, 2.75) is 0 Å². The summed E-state index contributed by atoms with van der Waals surface area (Å²) in [6.45, 7) is 0. The van der Waals surface area contributed by atoms with Crippen LogP contribution in [0, 0.1) is 11.6 Å². The second kappa shape index (κ2) is 6.08. The molecule has 4 rings (SSSR count). The molecule has 130 valence electrons. The maximum atomic E-state index is 13.9. The molecule has 4 aromatic rings. The van der Waals surface area contributed by atoms with Gasteiger partial charge in [0, 0.05) is 5.56 Å². The number of fused-ring (bicyclic) bond motifs is 1. The molecule has 0 saturated carbocycles. The van der Waals surface area contributed by atoms with Crippen molar-refractivity contribution < 1.29 is 23.2 Å². The highest BCUT2D eigenvalue weighted by Gasteiger charge is 2.15. The summed E-state index contributed by atoms with van der Waals surface area (Å²) in [4.78, 5) is 18.8. The Morgan fingerprint density at radius 1 is 1.08 bits per heavy atom. The van der Waals surface area contributed by atoms with Crippen molar-refractivity contribution in [3.63, 3.8) is 0 Å². The first-order chi connectivity index (χ1) is 12.5. The molecular formula is C18H11F2N3O3. The minimum absolute atomic E-state index is 0.00858. The molecule has 2 aromatic carbocycles. The van der Waals surface area contributed by atoms with E-state index in [0.29, 0.717) is 22.6 Å². The number of nitrogens with zero attached hydrogens (tertiary/aromatic N) is 1. The first-order valence-corrected chi connectivity index (χ1v) is 7.55. The zero-order valence-corrected chi connectivity index (χ0v) is 13.1. The highest BCUT2D eigenvalue weighted by atomic mass is 19.1. The zero-order valence-electron chi connectivity index (χ0n) is 13.1. The van der Waals surface area contributed by atoms with E-state index >= 15 is 0 Å². The number of rotatable bonds is 3. The quantitative estimate of drug-likeness (QED) is 0.384. The molecule has 26 heavy (non-hydrogen) atoms. The van der Waals surface area contributed by atoms with Gasteiger partial charge < -0.3 is 9.40 Å². The van der Waals surface area contributed by atoms with E-state index in [1.165, 1.54) is 18.2 Å². The minimum atomic E-state index is -0.648. The maximum absolute atomic E-state index is 13.9. The fourth-order valence-electron chi connectivity index (χ4n) is 2.63. The summed E-state index contributed by atoms with van der Waals surface area (Å²) < 4.78 is 32.8. The van der Waals surface area contributed by atoms with E-state index < -0.39 is 17.5 Å². The molecule has 0 aliphatic carbocycles. The van der Waals surface area contributed by atoms with E-state index in [-0.39, 0.29) is 16.9 Å². The fourth-order valence-corrected chi connectivity index (χ4v) is 2.63. The third-order valence-corrected chi connectivity index (χ3v) is 3.88. The maximum Gasteiger partial charge on any atom is 0.274 e. The van der Waals surface area contributed by atoms with Crippen LogP contribution in [0.1, 0.15) is 10.4 Å². The number of furan rings is 1. The largest absolute Gasteiger partial charge is 0.453 e. The van der Waals surface area contributed by atoms with Crippen LogP contribution in [-0.2, 0) is 0 Å². The fraction of sp³-hybridized carbons (Fsp3) is 0. The van der Waals surface area contributed by atoms with Gasteiger partial charge in [0.25, 0.3) is 5.91 Å². The van der Waals surface area contributed by atoms with Crippen LogP contribution < -0.4 is 5.48 Å². The molecule has 0 atom stereocenters. The van der Waals surface area contributed by atoms with Crippen molar-refractivity contribution in [2.75, 3.05) is 0 Å². The van der Waals surface area contributed by atoms with Crippen LogP contribution >= 0.6 is 0 Å². The van der Waals surface area contributed by atoms with Crippen LogP contribution in [0.2, 0.25) is 0 Å². The highest BCUT2D eigenvalue weighted by Crippen LogP contribution is 2.30. The van der Waals surface area contributed by atoms with E-state index in [9.17, 15) is 13.6 Å². The topological polar surface area (TPSA) is 91.2 Å². The molecule has 6 nitrogen and oxygen atoms in total. The number of amides is 1. The number of hydrogen-bond acceptors (Lipinski definition) is 4. The zero-order chi connectivity index (χ0) is 18.3. The first-order valence-electron chi connectivity index (χ1n) is 7.55. The molecule has 8 heteroatoms. The predicted molar refractivity (Wildman–Crippen MR) is 88.4 cm³/mol. The van der Waals surface area contributed by atoms with Gasteiger partial charge in [0.2, 0.25) is 0 Å². The molecule has 0 aliphatic heterocycles. The van der Waals surface area contributed by atoms with Crippen molar-refractivity contribution >= 4 is 16.9 Å². The molecule has 0 radical (unpaired) electrons. The molecule has 3 N–H and O–H groups in total. The monoisotopic (exact) mass is 355 g/mol. The molecule has 0 aliphatic rings. The Morgan fingerprint density at radius 3 is 2.69 bits per heavy atom. The molecule has 0 fully saturated rings. The van der Waals surface area contributed by atoms with E-state index in [1.54, 1.807) is 17.6 Å². The molecular weight excluding hydrogens is 344 g/mol. The van der Waals surface area contributed by atoms with Gasteiger partial charge in [-0.25, -0.2) is 19.2 Å². The molecule has 0 spiro atoms. The van der Waals surface area contributed by atoms with E-state index in [2.05, 4.69) is 9.97 Å². The molecule has 2 heterocycles. The number of imidazole rings is 1. The van der Waals surface area contributed by atoms with Gasteiger partial charge >= 0.3 is 0 Å². The van der Waals surface area contributed by atoms with E-state index in [4.69, 9.17) is 9.62 Å². The third kappa shape index (κ3) is 2.72. The predicted octanol–water partition coefficient (Wildman–Crippen LogP) is 3.89. The number of carbonyl (C=O) groups is 1. The molecule has 0 saturated heterocycles.